The van der Waals surface area contributed by atoms with Gasteiger partial charge in [0.1, 0.15) is 0 Å². The van der Waals surface area contributed by atoms with E-state index in [1.54, 1.807) is 29.2 Å². The highest BCUT2D eigenvalue weighted by molar-refractivity contribution is 5.97. The van der Waals surface area contributed by atoms with E-state index < -0.39 is 0 Å². The smallest absolute Gasteiger partial charge is 0.322 e. The van der Waals surface area contributed by atoms with Crippen LogP contribution in [0.15, 0.2) is 54.6 Å². The van der Waals surface area contributed by atoms with Crippen molar-refractivity contribution in [2.75, 3.05) is 18.4 Å². The highest BCUT2D eigenvalue weighted by Crippen LogP contribution is 2.26. The summed E-state index contributed by atoms with van der Waals surface area (Å²) in [7, 11) is 0. The molecule has 0 radical (unpaired) electrons. The first-order chi connectivity index (χ1) is 14.1. The van der Waals surface area contributed by atoms with E-state index in [4.69, 9.17) is 0 Å². The molecule has 3 N–H and O–H groups in total. The van der Waals surface area contributed by atoms with Crippen LogP contribution in [-0.4, -0.2) is 41.9 Å². The van der Waals surface area contributed by atoms with Gasteiger partial charge >= 0.3 is 6.03 Å². The average Bonchev–Trinajstić information content (AvgIpc) is 3.56. The van der Waals surface area contributed by atoms with Crippen LogP contribution in [0.1, 0.15) is 41.2 Å². The molecule has 1 aliphatic carbocycles. The van der Waals surface area contributed by atoms with E-state index in [1.807, 2.05) is 30.3 Å². The van der Waals surface area contributed by atoms with Crippen LogP contribution in [0.25, 0.3) is 0 Å². The van der Waals surface area contributed by atoms with Gasteiger partial charge in [0.25, 0.3) is 5.91 Å². The molecule has 150 valence electrons. The van der Waals surface area contributed by atoms with Gasteiger partial charge in [0, 0.05) is 30.4 Å². The van der Waals surface area contributed by atoms with Gasteiger partial charge < -0.3 is 20.9 Å². The summed E-state index contributed by atoms with van der Waals surface area (Å²) in [6, 6.07) is 16.1. The third-order valence-corrected chi connectivity index (χ3v) is 5.16. The first-order valence-electron chi connectivity index (χ1n) is 9.90. The average molecular weight is 392 g/mol. The number of hydrogen-bond donors (Lipinski definition) is 3. The van der Waals surface area contributed by atoms with Gasteiger partial charge in [-0.2, -0.15) is 0 Å². The summed E-state index contributed by atoms with van der Waals surface area (Å²) in [4.78, 5) is 39.1. The highest BCUT2D eigenvalue weighted by Gasteiger charge is 2.30. The van der Waals surface area contributed by atoms with Crippen molar-refractivity contribution >= 4 is 23.5 Å². The highest BCUT2D eigenvalue weighted by atomic mass is 16.2. The Kier molecular flexibility index (Phi) is 5.46. The van der Waals surface area contributed by atoms with Crippen molar-refractivity contribution in [1.29, 1.82) is 0 Å². The predicted octanol–water partition coefficient (Wildman–Crippen LogP) is 2.67. The van der Waals surface area contributed by atoms with Gasteiger partial charge in [-0.15, -0.1) is 0 Å². The fraction of sp³-hybridized carbons (Fsp3) is 0.318. The van der Waals surface area contributed by atoms with E-state index in [-0.39, 0.29) is 36.3 Å². The number of carbonyl (C=O) groups excluding carboxylic acids is 3. The molecule has 1 aliphatic heterocycles. The summed E-state index contributed by atoms with van der Waals surface area (Å²) in [6.45, 7) is 0.804. The second kappa shape index (κ2) is 8.34. The Morgan fingerprint density at radius 3 is 2.59 bits per heavy atom. The van der Waals surface area contributed by atoms with Crippen molar-refractivity contribution in [3.05, 3.63) is 65.7 Å². The molecule has 2 fully saturated rings. The van der Waals surface area contributed by atoms with Gasteiger partial charge in [0.05, 0.1) is 12.5 Å². The Morgan fingerprint density at radius 2 is 1.83 bits per heavy atom. The second-order valence-electron chi connectivity index (χ2n) is 7.43. The predicted molar refractivity (Wildman–Crippen MR) is 109 cm³/mol. The number of anilines is 1. The molecule has 4 rings (SSSR count). The topological polar surface area (TPSA) is 90.5 Å². The molecule has 29 heavy (non-hydrogen) atoms. The molecule has 0 spiro atoms. The van der Waals surface area contributed by atoms with Crippen LogP contribution < -0.4 is 16.0 Å². The number of carbonyl (C=O) groups is 3. The number of rotatable bonds is 4. The van der Waals surface area contributed by atoms with E-state index >= 15 is 0 Å². The van der Waals surface area contributed by atoms with Gasteiger partial charge in [0.15, 0.2) is 0 Å². The fourth-order valence-corrected chi connectivity index (χ4v) is 3.48. The minimum Gasteiger partial charge on any atom is -0.354 e. The Morgan fingerprint density at radius 1 is 1.03 bits per heavy atom. The van der Waals surface area contributed by atoms with Gasteiger partial charge in [-0.3, -0.25) is 9.59 Å². The number of benzene rings is 2. The fourth-order valence-electron chi connectivity index (χ4n) is 3.48. The summed E-state index contributed by atoms with van der Waals surface area (Å²) >= 11 is 0. The molecule has 2 aromatic rings. The molecule has 1 atom stereocenters. The zero-order valence-electron chi connectivity index (χ0n) is 16.1. The third-order valence-electron chi connectivity index (χ3n) is 5.16. The molecular formula is C22H24N4O3. The van der Waals surface area contributed by atoms with Crippen molar-refractivity contribution < 1.29 is 14.4 Å². The summed E-state index contributed by atoms with van der Waals surface area (Å²) < 4.78 is 0. The minimum absolute atomic E-state index is 0.0760. The maximum Gasteiger partial charge on any atom is 0.322 e. The lowest BCUT2D eigenvalue weighted by Gasteiger charge is -2.29. The summed E-state index contributed by atoms with van der Waals surface area (Å²) in [5.41, 5.74) is 1.98. The molecule has 1 heterocycles. The molecule has 2 aromatic carbocycles. The molecule has 2 aliphatic rings. The summed E-state index contributed by atoms with van der Waals surface area (Å²) in [5.74, 6) is -0.205. The molecule has 1 unspecified atom stereocenters. The van der Waals surface area contributed by atoms with E-state index in [2.05, 4.69) is 16.0 Å². The van der Waals surface area contributed by atoms with Crippen LogP contribution in [0, 0.1) is 0 Å². The molecule has 0 bridgehead atoms. The van der Waals surface area contributed by atoms with Crippen molar-refractivity contribution in [1.82, 2.24) is 15.5 Å². The Bertz CT molecular complexity index is 911. The molecule has 0 aromatic heterocycles. The van der Waals surface area contributed by atoms with Crippen molar-refractivity contribution in [3.63, 3.8) is 0 Å². The Balaban J connectivity index is 1.51. The van der Waals surface area contributed by atoms with E-state index in [0.29, 0.717) is 24.3 Å². The van der Waals surface area contributed by atoms with Crippen LogP contribution in [0.4, 0.5) is 10.5 Å². The molecule has 1 saturated carbocycles. The zero-order valence-corrected chi connectivity index (χ0v) is 16.1. The van der Waals surface area contributed by atoms with Crippen LogP contribution in [0.5, 0.6) is 0 Å². The van der Waals surface area contributed by atoms with Crippen molar-refractivity contribution in [3.8, 4) is 0 Å². The lowest BCUT2D eigenvalue weighted by atomic mass is 10.0. The van der Waals surface area contributed by atoms with Crippen LogP contribution in [0.3, 0.4) is 0 Å². The van der Waals surface area contributed by atoms with Gasteiger partial charge in [-0.25, -0.2) is 4.79 Å². The van der Waals surface area contributed by atoms with E-state index in [9.17, 15) is 14.4 Å². The van der Waals surface area contributed by atoms with Crippen LogP contribution in [0.2, 0.25) is 0 Å². The summed E-state index contributed by atoms with van der Waals surface area (Å²) in [6.07, 6.45) is 2.25. The number of nitrogens with zero attached hydrogens (tertiary/aromatic N) is 1. The number of amides is 4. The molecule has 4 amide bonds. The number of urea groups is 1. The zero-order chi connectivity index (χ0) is 20.2. The normalized spacial score (nSPS) is 19.1. The van der Waals surface area contributed by atoms with Gasteiger partial charge in [-0.1, -0.05) is 36.4 Å². The number of nitrogens with one attached hydrogen (secondary N) is 3. The molecular weight excluding hydrogens is 368 g/mol. The first-order valence-corrected chi connectivity index (χ1v) is 9.90. The van der Waals surface area contributed by atoms with Gasteiger partial charge in [0.2, 0.25) is 5.91 Å². The number of hydrogen-bond acceptors (Lipinski definition) is 3. The first kappa shape index (κ1) is 19.0. The Labute approximate surface area is 169 Å². The van der Waals surface area contributed by atoms with Crippen LogP contribution >= 0.6 is 0 Å². The minimum atomic E-state index is -0.347. The molecule has 1 saturated heterocycles. The quantitative estimate of drug-likeness (QED) is 0.747. The maximum absolute atomic E-state index is 13.1. The lowest BCUT2D eigenvalue weighted by Crippen LogP contribution is -2.39. The third kappa shape index (κ3) is 4.74. The van der Waals surface area contributed by atoms with E-state index in [0.717, 1.165) is 18.4 Å². The van der Waals surface area contributed by atoms with Crippen molar-refractivity contribution in [2.24, 2.45) is 0 Å². The standard InChI is InChI=1S/C22H24N4O3/c27-20-14-19(15-5-2-1-3-6-15)26(12-11-23-20)22(29)25-18-8-4-7-16(13-18)21(28)24-17-9-10-17/h1-8,13,17,19H,9-12,14H2,(H,23,27)(H,24,28)(H,25,29). The van der Waals surface area contributed by atoms with Gasteiger partial charge in [-0.05, 0) is 36.6 Å². The lowest BCUT2D eigenvalue weighted by molar-refractivity contribution is -0.121. The van der Waals surface area contributed by atoms with Crippen molar-refractivity contribution in [2.45, 2.75) is 31.3 Å². The SMILES string of the molecule is O=C1CC(c2ccccc2)N(C(=O)Nc2cccc(C(=O)NC3CC3)c2)CCN1. The Hall–Kier alpha value is -3.35. The van der Waals surface area contributed by atoms with E-state index in [1.165, 1.54) is 0 Å². The monoisotopic (exact) mass is 392 g/mol. The van der Waals surface area contributed by atoms with Crippen LogP contribution in [-0.2, 0) is 4.79 Å². The maximum atomic E-state index is 13.1. The molecule has 7 heteroatoms. The summed E-state index contributed by atoms with van der Waals surface area (Å²) in [5, 5.41) is 8.66. The largest absolute Gasteiger partial charge is 0.354 e. The molecule has 7 nitrogen and oxygen atoms in total. The second-order valence-corrected chi connectivity index (χ2v) is 7.43.